The summed E-state index contributed by atoms with van der Waals surface area (Å²) in [7, 11) is 1.98. The van der Waals surface area contributed by atoms with Gasteiger partial charge in [0.1, 0.15) is 0 Å². The quantitative estimate of drug-likeness (QED) is 0.816. The number of hydrogen-bond acceptors (Lipinski definition) is 3. The molecule has 1 aliphatic rings. The molecule has 2 rings (SSSR count). The molecule has 0 saturated carbocycles. The Labute approximate surface area is 90.4 Å². The second-order valence-corrected chi connectivity index (χ2v) is 4.05. The topological polar surface area (TPSA) is 30.5 Å². The highest BCUT2D eigenvalue weighted by atomic mass is 16.7. The van der Waals surface area contributed by atoms with Gasteiger partial charge in [-0.25, -0.2) is 0 Å². The molecule has 0 saturated heterocycles. The van der Waals surface area contributed by atoms with Gasteiger partial charge in [-0.2, -0.15) is 0 Å². The molecule has 0 radical (unpaired) electrons. The van der Waals surface area contributed by atoms with Crippen LogP contribution in [-0.2, 0) is 6.42 Å². The minimum Gasteiger partial charge on any atom is -0.454 e. The average molecular weight is 207 g/mol. The van der Waals surface area contributed by atoms with Crippen molar-refractivity contribution in [2.45, 2.75) is 13.3 Å². The van der Waals surface area contributed by atoms with Crippen LogP contribution in [0.4, 0.5) is 0 Å². The molecule has 0 fully saturated rings. The Morgan fingerprint density at radius 2 is 2.13 bits per heavy atom. The summed E-state index contributed by atoms with van der Waals surface area (Å²) in [6.07, 6.45) is 1.07. The van der Waals surface area contributed by atoms with Gasteiger partial charge < -0.3 is 14.8 Å². The van der Waals surface area contributed by atoms with Crippen LogP contribution in [0.5, 0.6) is 11.5 Å². The molecule has 82 valence electrons. The third-order valence-electron chi connectivity index (χ3n) is 2.57. The van der Waals surface area contributed by atoms with E-state index in [1.165, 1.54) is 5.56 Å². The fourth-order valence-corrected chi connectivity index (χ4v) is 1.89. The molecule has 0 bridgehead atoms. The molecule has 0 aliphatic carbocycles. The maximum absolute atomic E-state index is 5.34. The minimum absolute atomic E-state index is 0.352. The van der Waals surface area contributed by atoms with Gasteiger partial charge in [-0.15, -0.1) is 0 Å². The summed E-state index contributed by atoms with van der Waals surface area (Å²) in [4.78, 5) is 0. The van der Waals surface area contributed by atoms with Gasteiger partial charge in [0, 0.05) is 0 Å². The molecule has 1 aliphatic heterocycles. The summed E-state index contributed by atoms with van der Waals surface area (Å²) in [5, 5.41) is 3.18. The zero-order valence-corrected chi connectivity index (χ0v) is 9.25. The van der Waals surface area contributed by atoms with Crippen LogP contribution < -0.4 is 14.8 Å². The van der Waals surface area contributed by atoms with Gasteiger partial charge in [0.05, 0.1) is 0 Å². The molecule has 0 amide bonds. The number of nitrogens with one attached hydrogen (secondary N) is 1. The number of hydrogen-bond donors (Lipinski definition) is 1. The first-order valence-corrected chi connectivity index (χ1v) is 5.32. The van der Waals surface area contributed by atoms with Crippen molar-refractivity contribution < 1.29 is 9.47 Å². The van der Waals surface area contributed by atoms with Crippen LogP contribution >= 0.6 is 0 Å². The highest BCUT2D eigenvalue weighted by molar-refractivity contribution is 5.44. The van der Waals surface area contributed by atoms with E-state index < -0.39 is 0 Å². The number of benzene rings is 1. The monoisotopic (exact) mass is 207 g/mol. The number of ether oxygens (including phenoxy) is 2. The Balaban J connectivity index is 2.03. The van der Waals surface area contributed by atoms with E-state index in [2.05, 4.69) is 24.4 Å². The molecule has 1 heterocycles. The fraction of sp³-hybridized carbons (Fsp3) is 0.500. The molecule has 1 atom stereocenters. The predicted octanol–water partition coefficient (Wildman–Crippen LogP) is 1.81. The maximum atomic E-state index is 5.34. The summed E-state index contributed by atoms with van der Waals surface area (Å²) in [6, 6.07) is 6.18. The number of fused-ring (bicyclic) bond motifs is 1. The Morgan fingerprint density at radius 3 is 2.93 bits per heavy atom. The molecule has 1 aromatic carbocycles. The predicted molar refractivity (Wildman–Crippen MR) is 59.4 cm³/mol. The first kappa shape index (κ1) is 10.3. The van der Waals surface area contributed by atoms with E-state index in [4.69, 9.17) is 9.47 Å². The lowest BCUT2D eigenvalue weighted by Gasteiger charge is -2.10. The van der Waals surface area contributed by atoms with E-state index >= 15 is 0 Å². The van der Waals surface area contributed by atoms with Crippen molar-refractivity contribution >= 4 is 0 Å². The average Bonchev–Trinajstić information content (AvgIpc) is 2.65. The van der Waals surface area contributed by atoms with Crippen molar-refractivity contribution in [2.24, 2.45) is 5.92 Å². The Kier molecular flexibility index (Phi) is 3.11. The molecule has 3 nitrogen and oxygen atoms in total. The third kappa shape index (κ3) is 2.42. The van der Waals surface area contributed by atoms with Crippen LogP contribution in [0.1, 0.15) is 12.5 Å². The van der Waals surface area contributed by atoms with Crippen LogP contribution in [0.2, 0.25) is 0 Å². The Bertz CT molecular complexity index is 338. The van der Waals surface area contributed by atoms with E-state index in [1.807, 2.05) is 13.1 Å². The van der Waals surface area contributed by atoms with Crippen molar-refractivity contribution in [3.05, 3.63) is 23.8 Å². The molecule has 1 N–H and O–H groups in total. The largest absolute Gasteiger partial charge is 0.454 e. The SMILES string of the molecule is CNC[C@H](C)Cc1ccc2c(c1)OCO2. The lowest BCUT2D eigenvalue weighted by Crippen LogP contribution is -2.17. The molecule has 15 heavy (non-hydrogen) atoms. The zero-order chi connectivity index (χ0) is 10.7. The molecule has 0 aromatic heterocycles. The van der Waals surface area contributed by atoms with E-state index in [1.54, 1.807) is 0 Å². The van der Waals surface area contributed by atoms with Crippen molar-refractivity contribution in [3.8, 4) is 11.5 Å². The smallest absolute Gasteiger partial charge is 0.231 e. The summed E-state index contributed by atoms with van der Waals surface area (Å²) >= 11 is 0. The molecular weight excluding hydrogens is 190 g/mol. The Morgan fingerprint density at radius 1 is 1.33 bits per heavy atom. The Hall–Kier alpha value is -1.22. The van der Waals surface area contributed by atoms with Crippen LogP contribution in [0.15, 0.2) is 18.2 Å². The molecule has 0 unspecified atom stereocenters. The first-order chi connectivity index (χ1) is 7.29. The van der Waals surface area contributed by atoms with Gasteiger partial charge in [-0.05, 0) is 43.6 Å². The summed E-state index contributed by atoms with van der Waals surface area (Å²) < 4.78 is 10.6. The lowest BCUT2D eigenvalue weighted by atomic mass is 10.0. The van der Waals surface area contributed by atoms with Crippen LogP contribution in [-0.4, -0.2) is 20.4 Å². The fourth-order valence-electron chi connectivity index (χ4n) is 1.89. The van der Waals surface area contributed by atoms with Gasteiger partial charge in [-0.1, -0.05) is 13.0 Å². The van der Waals surface area contributed by atoms with E-state index in [0.717, 1.165) is 24.5 Å². The number of rotatable bonds is 4. The van der Waals surface area contributed by atoms with Crippen LogP contribution in [0.3, 0.4) is 0 Å². The minimum atomic E-state index is 0.352. The zero-order valence-electron chi connectivity index (χ0n) is 9.25. The highest BCUT2D eigenvalue weighted by Gasteiger charge is 2.13. The van der Waals surface area contributed by atoms with Crippen LogP contribution in [0, 0.1) is 5.92 Å². The second-order valence-electron chi connectivity index (χ2n) is 4.05. The van der Waals surface area contributed by atoms with Gasteiger partial charge in [0.25, 0.3) is 0 Å². The van der Waals surface area contributed by atoms with Crippen molar-refractivity contribution in [2.75, 3.05) is 20.4 Å². The van der Waals surface area contributed by atoms with Crippen molar-refractivity contribution in [1.82, 2.24) is 5.32 Å². The molecular formula is C12H17NO2. The van der Waals surface area contributed by atoms with E-state index in [-0.39, 0.29) is 0 Å². The van der Waals surface area contributed by atoms with E-state index in [9.17, 15) is 0 Å². The van der Waals surface area contributed by atoms with Gasteiger partial charge in [-0.3, -0.25) is 0 Å². The summed E-state index contributed by atoms with van der Waals surface area (Å²) in [5.41, 5.74) is 1.31. The van der Waals surface area contributed by atoms with Crippen molar-refractivity contribution in [3.63, 3.8) is 0 Å². The first-order valence-electron chi connectivity index (χ1n) is 5.32. The van der Waals surface area contributed by atoms with E-state index in [0.29, 0.717) is 12.7 Å². The normalized spacial score (nSPS) is 15.3. The molecule has 3 heteroatoms. The maximum Gasteiger partial charge on any atom is 0.231 e. The van der Waals surface area contributed by atoms with Gasteiger partial charge in [0.15, 0.2) is 11.5 Å². The highest BCUT2D eigenvalue weighted by Crippen LogP contribution is 2.32. The third-order valence-corrected chi connectivity index (χ3v) is 2.57. The molecule has 1 aromatic rings. The lowest BCUT2D eigenvalue weighted by molar-refractivity contribution is 0.174. The molecule has 0 spiro atoms. The van der Waals surface area contributed by atoms with Crippen LogP contribution in [0.25, 0.3) is 0 Å². The van der Waals surface area contributed by atoms with Crippen molar-refractivity contribution in [1.29, 1.82) is 0 Å². The second kappa shape index (κ2) is 4.53. The standard InChI is InChI=1S/C12H17NO2/c1-9(7-13-2)5-10-3-4-11-12(6-10)15-8-14-11/h3-4,6,9,13H,5,7-8H2,1-2H3/t9-/m1/s1. The van der Waals surface area contributed by atoms with Gasteiger partial charge >= 0.3 is 0 Å². The van der Waals surface area contributed by atoms with Gasteiger partial charge in [0.2, 0.25) is 6.79 Å². The summed E-state index contributed by atoms with van der Waals surface area (Å²) in [5.74, 6) is 2.37. The summed E-state index contributed by atoms with van der Waals surface area (Å²) in [6.45, 7) is 3.63.